The lowest BCUT2D eigenvalue weighted by Gasteiger charge is -2.01. The number of hydrogen-bond acceptors (Lipinski definition) is 3. The Bertz CT molecular complexity index is 264. The lowest BCUT2D eigenvalue weighted by molar-refractivity contribution is 0.121. The van der Waals surface area contributed by atoms with Crippen LogP contribution >= 0.6 is 0 Å². The Kier molecular flexibility index (Phi) is 2.69. The lowest BCUT2D eigenvalue weighted by Crippen LogP contribution is -2.06. The normalized spacial score (nSPS) is 9.17. The molecule has 0 atom stereocenters. The molecular formula is C9H9O3. The molecule has 12 heavy (non-hydrogen) atoms. The molecule has 1 radical (unpaired) electrons. The molecule has 0 amide bonds. The first-order valence-corrected chi connectivity index (χ1v) is 3.40. The van der Waals surface area contributed by atoms with Gasteiger partial charge in [-0.15, -0.1) is 0 Å². The minimum atomic E-state index is -0.716. The fourth-order valence-electron chi connectivity index (χ4n) is 0.695. The van der Waals surface area contributed by atoms with E-state index in [-0.39, 0.29) is 0 Å². The molecule has 0 aromatic heterocycles. The van der Waals surface area contributed by atoms with Gasteiger partial charge in [-0.2, -0.15) is 0 Å². The highest BCUT2D eigenvalue weighted by Gasteiger charge is 2.01. The molecule has 0 aliphatic rings. The first-order valence-electron chi connectivity index (χ1n) is 3.40. The molecule has 0 heterocycles. The van der Waals surface area contributed by atoms with Gasteiger partial charge in [0, 0.05) is 0 Å². The van der Waals surface area contributed by atoms with Gasteiger partial charge in [-0.25, -0.2) is 4.79 Å². The molecule has 0 spiro atoms. The zero-order valence-corrected chi connectivity index (χ0v) is 6.74. The smallest absolute Gasteiger partial charge is 0.437 e. The van der Waals surface area contributed by atoms with Crippen molar-refractivity contribution in [3.8, 4) is 5.75 Å². The third-order valence-electron chi connectivity index (χ3n) is 1.29. The fourth-order valence-corrected chi connectivity index (χ4v) is 0.695. The third-order valence-corrected chi connectivity index (χ3v) is 1.29. The van der Waals surface area contributed by atoms with Crippen molar-refractivity contribution in [3.05, 3.63) is 36.8 Å². The first-order chi connectivity index (χ1) is 5.72. The molecule has 1 aromatic carbocycles. The molecule has 1 aromatic rings. The zero-order chi connectivity index (χ0) is 8.97. The maximum Gasteiger partial charge on any atom is 0.513 e. The van der Waals surface area contributed by atoms with Crippen molar-refractivity contribution in [2.75, 3.05) is 7.11 Å². The third kappa shape index (κ3) is 2.27. The van der Waals surface area contributed by atoms with Crippen LogP contribution < -0.4 is 4.74 Å². The molecule has 0 N–H and O–H groups in total. The van der Waals surface area contributed by atoms with E-state index in [1.54, 1.807) is 24.3 Å². The van der Waals surface area contributed by atoms with Crippen LogP contribution in [0.2, 0.25) is 0 Å². The van der Waals surface area contributed by atoms with Crippen LogP contribution in [0.15, 0.2) is 24.3 Å². The summed E-state index contributed by atoms with van der Waals surface area (Å²) in [5, 5.41) is 0. The summed E-state index contributed by atoms with van der Waals surface area (Å²) in [7, 11) is 1.26. The van der Waals surface area contributed by atoms with Crippen molar-refractivity contribution in [2.45, 2.75) is 0 Å². The minimum Gasteiger partial charge on any atom is -0.437 e. The van der Waals surface area contributed by atoms with Crippen LogP contribution in [0.1, 0.15) is 5.56 Å². The largest absolute Gasteiger partial charge is 0.513 e. The molecule has 63 valence electrons. The molecule has 0 unspecified atom stereocenters. The summed E-state index contributed by atoms with van der Waals surface area (Å²) in [4.78, 5) is 10.6. The van der Waals surface area contributed by atoms with E-state index < -0.39 is 6.16 Å². The van der Waals surface area contributed by atoms with Crippen LogP contribution in [0.3, 0.4) is 0 Å². The second kappa shape index (κ2) is 3.76. The standard InChI is InChI=1S/C9H9O3/c1-7-3-5-8(6-4-7)12-9(10)11-2/h3-6H,1H2,2H3. The Morgan fingerprint density at radius 2 is 1.92 bits per heavy atom. The number of rotatable bonds is 1. The van der Waals surface area contributed by atoms with E-state index >= 15 is 0 Å². The van der Waals surface area contributed by atoms with Crippen LogP contribution in [-0.4, -0.2) is 13.3 Å². The second-order valence-electron chi connectivity index (χ2n) is 2.20. The molecule has 0 fully saturated rings. The van der Waals surface area contributed by atoms with Crippen LogP contribution in [0.5, 0.6) is 5.75 Å². The number of carbonyl (C=O) groups is 1. The molecule has 3 heteroatoms. The van der Waals surface area contributed by atoms with Gasteiger partial charge < -0.3 is 9.47 Å². The molecule has 0 aliphatic carbocycles. The van der Waals surface area contributed by atoms with Gasteiger partial charge in [-0.3, -0.25) is 0 Å². The zero-order valence-electron chi connectivity index (χ0n) is 6.74. The lowest BCUT2D eigenvalue weighted by atomic mass is 10.2. The number of methoxy groups -OCH3 is 1. The van der Waals surface area contributed by atoms with E-state index in [2.05, 4.69) is 11.7 Å². The molecule has 0 bridgehead atoms. The quantitative estimate of drug-likeness (QED) is 0.471. The van der Waals surface area contributed by atoms with Crippen molar-refractivity contribution in [1.82, 2.24) is 0 Å². The minimum absolute atomic E-state index is 0.453. The summed E-state index contributed by atoms with van der Waals surface area (Å²) >= 11 is 0. The predicted molar refractivity (Wildman–Crippen MR) is 43.9 cm³/mol. The summed E-state index contributed by atoms with van der Waals surface area (Å²) in [6.45, 7) is 3.69. The van der Waals surface area contributed by atoms with E-state index in [0.717, 1.165) is 5.56 Å². The van der Waals surface area contributed by atoms with E-state index in [1.807, 2.05) is 0 Å². The molecule has 0 aliphatic heterocycles. The van der Waals surface area contributed by atoms with Crippen molar-refractivity contribution >= 4 is 6.16 Å². The van der Waals surface area contributed by atoms with Crippen LogP contribution in [0.25, 0.3) is 0 Å². The summed E-state index contributed by atoms with van der Waals surface area (Å²) in [6.07, 6.45) is -0.716. The average molecular weight is 165 g/mol. The van der Waals surface area contributed by atoms with Gasteiger partial charge in [0.05, 0.1) is 7.11 Å². The van der Waals surface area contributed by atoms with Gasteiger partial charge in [-0.1, -0.05) is 12.1 Å². The highest BCUT2D eigenvalue weighted by atomic mass is 16.7. The molecule has 1 rings (SSSR count). The summed E-state index contributed by atoms with van der Waals surface area (Å²) in [6, 6.07) is 6.80. The number of ether oxygens (including phenoxy) is 2. The van der Waals surface area contributed by atoms with Crippen molar-refractivity contribution < 1.29 is 14.3 Å². The van der Waals surface area contributed by atoms with Gasteiger partial charge in [0.15, 0.2) is 0 Å². The maximum atomic E-state index is 10.6. The molecular weight excluding hydrogens is 156 g/mol. The predicted octanol–water partition coefficient (Wildman–Crippen LogP) is 2.01. The van der Waals surface area contributed by atoms with Crippen molar-refractivity contribution in [1.29, 1.82) is 0 Å². The summed E-state index contributed by atoms with van der Waals surface area (Å²) in [5.74, 6) is 0.453. The molecule has 3 nitrogen and oxygen atoms in total. The monoisotopic (exact) mass is 165 g/mol. The van der Waals surface area contributed by atoms with Crippen LogP contribution in [0.4, 0.5) is 4.79 Å². The fraction of sp³-hybridized carbons (Fsp3) is 0.111. The number of benzene rings is 1. The molecule has 0 saturated heterocycles. The molecule has 0 saturated carbocycles. The number of hydrogen-bond donors (Lipinski definition) is 0. The Balaban J connectivity index is 2.64. The van der Waals surface area contributed by atoms with Crippen molar-refractivity contribution in [3.63, 3.8) is 0 Å². The highest BCUT2D eigenvalue weighted by Crippen LogP contribution is 2.11. The van der Waals surface area contributed by atoms with Gasteiger partial charge in [0.2, 0.25) is 0 Å². The van der Waals surface area contributed by atoms with E-state index in [1.165, 1.54) is 7.11 Å². The van der Waals surface area contributed by atoms with E-state index in [0.29, 0.717) is 5.75 Å². The SMILES string of the molecule is [CH2]c1ccc(OC(=O)OC)cc1. The van der Waals surface area contributed by atoms with E-state index in [9.17, 15) is 4.79 Å². The summed E-state index contributed by atoms with van der Waals surface area (Å²) in [5.41, 5.74) is 0.868. The number of carbonyl (C=O) groups excluding carboxylic acids is 1. The van der Waals surface area contributed by atoms with Gasteiger partial charge >= 0.3 is 6.16 Å². The Morgan fingerprint density at radius 3 is 2.42 bits per heavy atom. The Hall–Kier alpha value is -1.51. The van der Waals surface area contributed by atoms with Gasteiger partial charge in [0.1, 0.15) is 5.75 Å². The maximum absolute atomic E-state index is 10.6. The van der Waals surface area contributed by atoms with E-state index in [4.69, 9.17) is 4.74 Å². The Labute approximate surface area is 70.9 Å². The van der Waals surface area contributed by atoms with Crippen LogP contribution in [-0.2, 0) is 4.74 Å². The van der Waals surface area contributed by atoms with Gasteiger partial charge in [-0.05, 0) is 24.6 Å². The first kappa shape index (κ1) is 8.59. The highest BCUT2D eigenvalue weighted by molar-refractivity contribution is 5.63. The second-order valence-corrected chi connectivity index (χ2v) is 2.20. The Morgan fingerprint density at radius 1 is 1.33 bits per heavy atom. The van der Waals surface area contributed by atoms with Crippen molar-refractivity contribution in [2.24, 2.45) is 0 Å². The topological polar surface area (TPSA) is 35.5 Å². The van der Waals surface area contributed by atoms with Gasteiger partial charge in [0.25, 0.3) is 0 Å². The summed E-state index contributed by atoms with van der Waals surface area (Å²) < 4.78 is 9.04. The average Bonchev–Trinajstić information content (AvgIpc) is 2.09. The van der Waals surface area contributed by atoms with Crippen LogP contribution in [0, 0.1) is 6.92 Å².